The van der Waals surface area contributed by atoms with E-state index in [1.165, 1.54) is 10.6 Å². The molecule has 64 valence electrons. The van der Waals surface area contributed by atoms with Crippen LogP contribution in [0.1, 0.15) is 6.92 Å². The third-order valence-corrected chi connectivity index (χ3v) is 3.34. The Labute approximate surface area is 76.5 Å². The summed E-state index contributed by atoms with van der Waals surface area (Å²) in [6.07, 6.45) is 0. The molecule has 0 saturated heterocycles. The van der Waals surface area contributed by atoms with Crippen LogP contribution in [0.2, 0.25) is 0 Å². The number of thioether (sulfide) groups is 1. The Morgan fingerprint density at radius 2 is 2.42 bits per heavy atom. The Morgan fingerprint density at radius 1 is 1.58 bits per heavy atom. The Bertz CT molecular complexity index is 299. The van der Waals surface area contributed by atoms with E-state index >= 15 is 0 Å². The zero-order chi connectivity index (χ0) is 8.55. The molecule has 3 heteroatoms. The largest absolute Gasteiger partial charge is 0.398 e. The molecule has 0 aromatic heterocycles. The molecule has 0 radical (unpaired) electrons. The van der Waals surface area contributed by atoms with Gasteiger partial charge in [0.2, 0.25) is 0 Å². The molecule has 0 saturated carbocycles. The van der Waals surface area contributed by atoms with Gasteiger partial charge < -0.3 is 11.1 Å². The monoisotopic (exact) mass is 180 g/mol. The van der Waals surface area contributed by atoms with Crippen molar-refractivity contribution in [1.82, 2.24) is 0 Å². The highest BCUT2D eigenvalue weighted by molar-refractivity contribution is 7.99. The molecule has 2 rings (SSSR count). The number of nitrogens with one attached hydrogen (secondary N) is 1. The van der Waals surface area contributed by atoms with Crippen molar-refractivity contribution in [3.63, 3.8) is 0 Å². The summed E-state index contributed by atoms with van der Waals surface area (Å²) in [6, 6.07) is 6.56. The Morgan fingerprint density at radius 3 is 3.25 bits per heavy atom. The summed E-state index contributed by atoms with van der Waals surface area (Å²) in [4.78, 5) is 1.20. The molecule has 12 heavy (non-hydrogen) atoms. The van der Waals surface area contributed by atoms with Crippen LogP contribution in [0.5, 0.6) is 0 Å². The lowest BCUT2D eigenvalue weighted by molar-refractivity contribution is 0.895. The van der Waals surface area contributed by atoms with Crippen LogP contribution < -0.4 is 11.1 Å². The molecule has 1 aliphatic rings. The molecule has 0 spiro atoms. The van der Waals surface area contributed by atoms with E-state index in [9.17, 15) is 0 Å². The number of fused-ring (bicyclic) bond motifs is 1. The lowest BCUT2D eigenvalue weighted by Crippen LogP contribution is -2.22. The van der Waals surface area contributed by atoms with E-state index in [-0.39, 0.29) is 0 Å². The molecule has 0 aliphatic carbocycles. The van der Waals surface area contributed by atoms with E-state index in [4.69, 9.17) is 5.73 Å². The minimum absolute atomic E-state index is 0.546. The number of anilines is 2. The van der Waals surface area contributed by atoms with Gasteiger partial charge in [0, 0.05) is 17.5 Å². The minimum atomic E-state index is 0.546. The third-order valence-electron chi connectivity index (χ3n) is 1.93. The molecular formula is C9H12N2S. The maximum Gasteiger partial charge on any atom is 0.0535 e. The van der Waals surface area contributed by atoms with Gasteiger partial charge >= 0.3 is 0 Å². The fourth-order valence-corrected chi connectivity index (χ4v) is 2.36. The van der Waals surface area contributed by atoms with Crippen LogP contribution in [0.15, 0.2) is 23.1 Å². The standard InChI is InChI=1S/C9H12N2S/c1-6-5-12-9-7(10)3-2-4-8(9)11-6/h2-4,6,11H,5,10H2,1H3. The number of benzene rings is 1. The zero-order valence-corrected chi connectivity index (χ0v) is 7.82. The van der Waals surface area contributed by atoms with E-state index in [1.54, 1.807) is 0 Å². The lowest BCUT2D eigenvalue weighted by atomic mass is 10.2. The second-order valence-corrected chi connectivity index (χ2v) is 4.11. The first-order chi connectivity index (χ1) is 5.77. The SMILES string of the molecule is CC1CSc2c(N)cccc2N1. The summed E-state index contributed by atoms with van der Waals surface area (Å²) in [5, 5.41) is 3.40. The first kappa shape index (κ1) is 7.80. The van der Waals surface area contributed by atoms with Gasteiger partial charge in [-0.1, -0.05) is 6.07 Å². The van der Waals surface area contributed by atoms with Crippen molar-refractivity contribution in [2.45, 2.75) is 17.9 Å². The van der Waals surface area contributed by atoms with E-state index in [0.717, 1.165) is 11.4 Å². The van der Waals surface area contributed by atoms with Crippen LogP contribution in [0.4, 0.5) is 11.4 Å². The fourth-order valence-electron chi connectivity index (χ4n) is 1.35. The predicted octanol–water partition coefficient (Wildman–Crippen LogP) is 2.17. The van der Waals surface area contributed by atoms with Gasteiger partial charge in [0.15, 0.2) is 0 Å². The van der Waals surface area contributed by atoms with E-state index in [2.05, 4.69) is 18.3 Å². The highest BCUT2D eigenvalue weighted by Crippen LogP contribution is 2.36. The summed E-state index contributed by atoms with van der Waals surface area (Å²) in [7, 11) is 0. The molecule has 1 unspecified atom stereocenters. The molecular weight excluding hydrogens is 168 g/mol. The fraction of sp³-hybridized carbons (Fsp3) is 0.333. The molecule has 1 aliphatic heterocycles. The van der Waals surface area contributed by atoms with Crippen LogP contribution in [0, 0.1) is 0 Å². The summed E-state index contributed by atoms with van der Waals surface area (Å²) in [5.41, 5.74) is 7.89. The summed E-state index contributed by atoms with van der Waals surface area (Å²) >= 11 is 1.84. The van der Waals surface area contributed by atoms with Crippen LogP contribution >= 0.6 is 11.8 Å². The third kappa shape index (κ3) is 1.25. The van der Waals surface area contributed by atoms with Crippen molar-refractivity contribution in [2.24, 2.45) is 0 Å². The molecule has 2 nitrogen and oxygen atoms in total. The van der Waals surface area contributed by atoms with Gasteiger partial charge in [0.05, 0.1) is 10.6 Å². The van der Waals surface area contributed by atoms with Crippen molar-refractivity contribution in [3.8, 4) is 0 Å². The van der Waals surface area contributed by atoms with Crippen molar-refractivity contribution >= 4 is 23.1 Å². The smallest absolute Gasteiger partial charge is 0.0535 e. The maximum atomic E-state index is 5.83. The van der Waals surface area contributed by atoms with E-state index in [0.29, 0.717) is 6.04 Å². The Hall–Kier alpha value is -0.830. The molecule has 0 fully saturated rings. The second kappa shape index (κ2) is 2.90. The molecule has 3 N–H and O–H groups in total. The van der Waals surface area contributed by atoms with Gasteiger partial charge in [0.1, 0.15) is 0 Å². The first-order valence-electron chi connectivity index (χ1n) is 4.05. The summed E-state index contributed by atoms with van der Waals surface area (Å²) < 4.78 is 0. The predicted molar refractivity (Wildman–Crippen MR) is 54.7 cm³/mol. The summed E-state index contributed by atoms with van der Waals surface area (Å²) in [6.45, 7) is 2.18. The number of nitrogens with two attached hydrogens (primary N) is 1. The minimum Gasteiger partial charge on any atom is -0.398 e. The van der Waals surface area contributed by atoms with Crippen molar-refractivity contribution in [2.75, 3.05) is 16.8 Å². The maximum absolute atomic E-state index is 5.83. The number of hydrogen-bond acceptors (Lipinski definition) is 3. The second-order valence-electron chi connectivity index (χ2n) is 3.08. The average Bonchev–Trinajstić information content (AvgIpc) is 2.04. The van der Waals surface area contributed by atoms with Crippen LogP contribution in [0.25, 0.3) is 0 Å². The van der Waals surface area contributed by atoms with E-state index < -0.39 is 0 Å². The lowest BCUT2D eigenvalue weighted by Gasteiger charge is -2.24. The van der Waals surface area contributed by atoms with Gasteiger partial charge in [0.25, 0.3) is 0 Å². The highest BCUT2D eigenvalue weighted by atomic mass is 32.2. The Kier molecular flexibility index (Phi) is 1.89. The topological polar surface area (TPSA) is 38.0 Å². The van der Waals surface area contributed by atoms with Gasteiger partial charge in [-0.05, 0) is 19.1 Å². The molecule has 1 heterocycles. The summed E-state index contributed by atoms with van der Waals surface area (Å²) in [5.74, 6) is 1.10. The van der Waals surface area contributed by atoms with Gasteiger partial charge in [-0.25, -0.2) is 0 Å². The quantitative estimate of drug-likeness (QED) is 0.601. The molecule has 1 atom stereocenters. The molecule has 0 amide bonds. The van der Waals surface area contributed by atoms with Crippen molar-refractivity contribution in [3.05, 3.63) is 18.2 Å². The number of hydrogen-bond donors (Lipinski definition) is 2. The molecule has 1 aromatic rings. The number of nitrogen functional groups attached to an aromatic ring is 1. The van der Waals surface area contributed by atoms with Crippen LogP contribution in [-0.2, 0) is 0 Å². The van der Waals surface area contributed by atoms with Gasteiger partial charge in [-0.15, -0.1) is 11.8 Å². The van der Waals surface area contributed by atoms with Gasteiger partial charge in [-0.3, -0.25) is 0 Å². The van der Waals surface area contributed by atoms with E-state index in [1.807, 2.05) is 23.9 Å². The highest BCUT2D eigenvalue weighted by Gasteiger charge is 2.15. The number of rotatable bonds is 0. The van der Waals surface area contributed by atoms with Crippen molar-refractivity contribution < 1.29 is 0 Å². The normalized spacial score (nSPS) is 21.2. The zero-order valence-electron chi connectivity index (χ0n) is 7.00. The van der Waals surface area contributed by atoms with Crippen LogP contribution in [-0.4, -0.2) is 11.8 Å². The Balaban J connectivity index is 2.42. The van der Waals surface area contributed by atoms with Crippen molar-refractivity contribution in [1.29, 1.82) is 0 Å². The van der Waals surface area contributed by atoms with Crippen LogP contribution in [0.3, 0.4) is 0 Å². The average molecular weight is 180 g/mol. The molecule has 1 aromatic carbocycles. The molecule has 0 bridgehead atoms. The van der Waals surface area contributed by atoms with Gasteiger partial charge in [-0.2, -0.15) is 0 Å². The first-order valence-corrected chi connectivity index (χ1v) is 5.04.